The predicted molar refractivity (Wildman–Crippen MR) is 80.0 cm³/mol. The number of carbonyl (C=O) groups excluding carboxylic acids is 2. The van der Waals surface area contributed by atoms with E-state index in [1.807, 2.05) is 0 Å². The molecule has 2 rings (SSSR count). The molecule has 0 spiro atoms. The Hall–Kier alpha value is -2.62. The molecular formula is C17H16O4. The molecule has 2 N–H and O–H groups in total. The SMILES string of the molecule is CC(=O)c1c(C)cc(O)c(C(C)=O)c1-c1ccc(O)cc1. The van der Waals surface area contributed by atoms with Crippen LogP contribution in [0.3, 0.4) is 0 Å². The van der Waals surface area contributed by atoms with Gasteiger partial charge in [-0.2, -0.15) is 0 Å². The first-order valence-corrected chi connectivity index (χ1v) is 6.50. The van der Waals surface area contributed by atoms with Gasteiger partial charge in [0.2, 0.25) is 0 Å². The van der Waals surface area contributed by atoms with Crippen LogP contribution in [0.2, 0.25) is 0 Å². The van der Waals surface area contributed by atoms with Gasteiger partial charge in [0, 0.05) is 11.1 Å². The van der Waals surface area contributed by atoms with Crippen LogP contribution in [0.1, 0.15) is 40.1 Å². The van der Waals surface area contributed by atoms with Gasteiger partial charge in [-0.3, -0.25) is 9.59 Å². The molecule has 0 unspecified atom stereocenters. The minimum Gasteiger partial charge on any atom is -0.508 e. The van der Waals surface area contributed by atoms with E-state index in [2.05, 4.69) is 0 Å². The summed E-state index contributed by atoms with van der Waals surface area (Å²) < 4.78 is 0. The molecule has 0 heterocycles. The van der Waals surface area contributed by atoms with Crippen molar-refractivity contribution < 1.29 is 19.8 Å². The van der Waals surface area contributed by atoms with E-state index >= 15 is 0 Å². The molecule has 0 aliphatic carbocycles. The van der Waals surface area contributed by atoms with Crippen molar-refractivity contribution in [1.29, 1.82) is 0 Å². The van der Waals surface area contributed by atoms with E-state index in [0.29, 0.717) is 22.3 Å². The van der Waals surface area contributed by atoms with Gasteiger partial charge in [-0.15, -0.1) is 0 Å². The van der Waals surface area contributed by atoms with Crippen molar-refractivity contribution in [2.45, 2.75) is 20.8 Å². The Bertz CT molecular complexity index is 689. The number of hydrogen-bond acceptors (Lipinski definition) is 4. The highest BCUT2D eigenvalue weighted by atomic mass is 16.3. The molecule has 0 amide bonds. The Morgan fingerprint density at radius 2 is 1.43 bits per heavy atom. The van der Waals surface area contributed by atoms with Gasteiger partial charge in [-0.25, -0.2) is 0 Å². The van der Waals surface area contributed by atoms with Crippen LogP contribution in [0.15, 0.2) is 30.3 Å². The van der Waals surface area contributed by atoms with Crippen molar-refractivity contribution in [3.8, 4) is 22.6 Å². The van der Waals surface area contributed by atoms with E-state index < -0.39 is 0 Å². The zero-order valence-corrected chi connectivity index (χ0v) is 12.1. The van der Waals surface area contributed by atoms with Crippen LogP contribution < -0.4 is 0 Å². The lowest BCUT2D eigenvalue weighted by Gasteiger charge is -2.16. The van der Waals surface area contributed by atoms with E-state index in [9.17, 15) is 19.8 Å². The van der Waals surface area contributed by atoms with Gasteiger partial charge in [-0.05, 0) is 50.1 Å². The number of Topliss-reactive ketones (excluding diaryl/α,β-unsaturated/α-hetero) is 2. The maximum absolute atomic E-state index is 12.0. The van der Waals surface area contributed by atoms with Gasteiger partial charge < -0.3 is 10.2 Å². The molecule has 0 aliphatic heterocycles. The molecule has 0 bridgehead atoms. The Kier molecular flexibility index (Phi) is 3.80. The average molecular weight is 284 g/mol. The Labute approximate surface area is 122 Å². The summed E-state index contributed by atoms with van der Waals surface area (Å²) in [5, 5.41) is 19.5. The minimum absolute atomic E-state index is 0.0874. The van der Waals surface area contributed by atoms with Gasteiger partial charge >= 0.3 is 0 Å². The molecule has 2 aromatic rings. The third-order valence-corrected chi connectivity index (χ3v) is 3.36. The summed E-state index contributed by atoms with van der Waals surface area (Å²) in [6, 6.07) is 7.60. The molecular weight excluding hydrogens is 268 g/mol. The second-order valence-corrected chi connectivity index (χ2v) is 5.00. The van der Waals surface area contributed by atoms with Gasteiger partial charge in [0.15, 0.2) is 11.6 Å². The summed E-state index contributed by atoms with van der Waals surface area (Å²) in [4.78, 5) is 23.9. The zero-order chi connectivity index (χ0) is 15.7. The number of phenols is 2. The number of rotatable bonds is 3. The molecule has 0 fully saturated rings. The van der Waals surface area contributed by atoms with Crippen LogP contribution >= 0.6 is 0 Å². The van der Waals surface area contributed by atoms with E-state index in [4.69, 9.17) is 0 Å². The fraction of sp³-hybridized carbons (Fsp3) is 0.176. The standard InChI is InChI=1S/C17H16O4/c1-9-8-14(21)16(11(3)19)17(15(9)10(2)18)12-4-6-13(20)7-5-12/h4-8,20-21H,1-3H3. The molecule has 0 saturated carbocycles. The molecule has 4 heteroatoms. The number of phenolic OH excluding ortho intramolecular Hbond substituents is 2. The molecule has 2 aromatic carbocycles. The van der Waals surface area contributed by atoms with E-state index in [0.717, 1.165) is 0 Å². The summed E-state index contributed by atoms with van der Waals surface area (Å²) in [6.45, 7) is 4.48. The zero-order valence-electron chi connectivity index (χ0n) is 12.1. The number of carbonyl (C=O) groups is 2. The Morgan fingerprint density at radius 1 is 0.905 bits per heavy atom. The molecule has 108 valence electrons. The van der Waals surface area contributed by atoms with Crippen molar-refractivity contribution in [1.82, 2.24) is 0 Å². The monoisotopic (exact) mass is 284 g/mol. The summed E-state index contributed by atoms with van der Waals surface area (Å²) >= 11 is 0. The van der Waals surface area contributed by atoms with E-state index in [-0.39, 0.29) is 28.6 Å². The lowest BCUT2D eigenvalue weighted by Crippen LogP contribution is -2.07. The third-order valence-electron chi connectivity index (χ3n) is 3.36. The fourth-order valence-electron chi connectivity index (χ4n) is 2.53. The molecule has 0 aromatic heterocycles. The Morgan fingerprint density at radius 3 is 1.90 bits per heavy atom. The molecule has 0 atom stereocenters. The van der Waals surface area contributed by atoms with Crippen LogP contribution in [0, 0.1) is 6.92 Å². The van der Waals surface area contributed by atoms with Crippen LogP contribution in [-0.4, -0.2) is 21.8 Å². The smallest absolute Gasteiger partial charge is 0.164 e. The van der Waals surface area contributed by atoms with Crippen molar-refractivity contribution in [2.75, 3.05) is 0 Å². The average Bonchev–Trinajstić information content (AvgIpc) is 2.37. The highest BCUT2D eigenvalue weighted by Gasteiger charge is 2.22. The van der Waals surface area contributed by atoms with Crippen LogP contribution in [0.4, 0.5) is 0 Å². The summed E-state index contributed by atoms with van der Waals surface area (Å²) in [5.74, 6) is -0.561. The fourth-order valence-corrected chi connectivity index (χ4v) is 2.53. The van der Waals surface area contributed by atoms with Gasteiger partial charge in [0.1, 0.15) is 11.5 Å². The normalized spacial score (nSPS) is 10.4. The minimum atomic E-state index is -0.321. The number of ketones is 2. The lowest BCUT2D eigenvalue weighted by atomic mass is 9.87. The third kappa shape index (κ3) is 2.65. The first kappa shape index (κ1) is 14.8. The number of hydrogen-bond donors (Lipinski definition) is 2. The Balaban J connectivity index is 2.91. The van der Waals surface area contributed by atoms with E-state index in [1.165, 1.54) is 32.0 Å². The summed E-state index contributed by atoms with van der Waals surface area (Å²) in [6.07, 6.45) is 0. The van der Waals surface area contributed by atoms with Crippen LogP contribution in [-0.2, 0) is 0 Å². The number of aromatic hydroxyl groups is 2. The maximum atomic E-state index is 12.0. The predicted octanol–water partition coefficient (Wildman–Crippen LogP) is 3.48. The van der Waals surface area contributed by atoms with Crippen LogP contribution in [0.25, 0.3) is 11.1 Å². The van der Waals surface area contributed by atoms with Crippen molar-refractivity contribution in [3.63, 3.8) is 0 Å². The quantitative estimate of drug-likeness (QED) is 0.846. The lowest BCUT2D eigenvalue weighted by molar-refractivity contribution is 0.101. The topological polar surface area (TPSA) is 74.6 Å². The molecule has 4 nitrogen and oxygen atoms in total. The van der Waals surface area contributed by atoms with Gasteiger partial charge in [-0.1, -0.05) is 12.1 Å². The maximum Gasteiger partial charge on any atom is 0.164 e. The molecule has 0 aliphatic rings. The highest BCUT2D eigenvalue weighted by Crippen LogP contribution is 2.37. The molecule has 21 heavy (non-hydrogen) atoms. The largest absolute Gasteiger partial charge is 0.508 e. The summed E-state index contributed by atoms with van der Waals surface area (Å²) in [7, 11) is 0. The van der Waals surface area contributed by atoms with E-state index in [1.54, 1.807) is 19.1 Å². The van der Waals surface area contributed by atoms with Crippen molar-refractivity contribution in [2.24, 2.45) is 0 Å². The van der Waals surface area contributed by atoms with Crippen LogP contribution in [0.5, 0.6) is 11.5 Å². The number of aryl methyl sites for hydroxylation is 1. The second kappa shape index (κ2) is 5.40. The second-order valence-electron chi connectivity index (χ2n) is 5.00. The van der Waals surface area contributed by atoms with Crippen molar-refractivity contribution >= 4 is 11.6 Å². The molecule has 0 radical (unpaired) electrons. The highest BCUT2D eigenvalue weighted by molar-refractivity contribution is 6.11. The van der Waals surface area contributed by atoms with Crippen molar-refractivity contribution in [3.05, 3.63) is 47.0 Å². The molecule has 0 saturated heterocycles. The van der Waals surface area contributed by atoms with Gasteiger partial charge in [0.05, 0.1) is 5.56 Å². The summed E-state index contributed by atoms with van der Waals surface area (Å²) in [5.41, 5.74) is 2.14. The first-order chi connectivity index (χ1) is 9.82. The van der Waals surface area contributed by atoms with Gasteiger partial charge in [0.25, 0.3) is 0 Å². The number of benzene rings is 2. The first-order valence-electron chi connectivity index (χ1n) is 6.50.